The van der Waals surface area contributed by atoms with Crippen LogP contribution in [0.1, 0.15) is 29.7 Å². The largest absolute Gasteiger partial charge is 0.366 e. The normalized spacial score (nSPS) is 10.5. The predicted octanol–water partition coefficient (Wildman–Crippen LogP) is 2.04. The van der Waals surface area contributed by atoms with Crippen LogP contribution in [0, 0.1) is 0 Å². The lowest BCUT2D eigenvalue weighted by atomic mass is 10.2. The average molecular weight is 258 g/mol. The number of aromatic nitrogens is 3. The van der Waals surface area contributed by atoms with Gasteiger partial charge in [-0.2, -0.15) is 0 Å². The summed E-state index contributed by atoms with van der Waals surface area (Å²) in [6.45, 7) is 2.54. The lowest BCUT2D eigenvalue weighted by Gasteiger charge is -2.18. The molecule has 2 rings (SSSR count). The number of rotatable bonds is 5. The molecule has 0 unspecified atom stereocenters. The minimum absolute atomic E-state index is 0.0679. The van der Waals surface area contributed by atoms with Crippen LogP contribution in [0.25, 0.3) is 0 Å². The third kappa shape index (κ3) is 2.99. The minimum atomic E-state index is 0.0679. The molecule has 5 nitrogen and oxygen atoms in total. The number of hydrogen-bond acceptors (Lipinski definition) is 4. The number of anilines is 1. The van der Waals surface area contributed by atoms with Crippen molar-refractivity contribution in [3.63, 3.8) is 0 Å². The Balaban J connectivity index is 2.09. The van der Waals surface area contributed by atoms with Gasteiger partial charge in [-0.05, 0) is 12.1 Å². The lowest BCUT2D eigenvalue weighted by molar-refractivity contribution is 0.0983. The van der Waals surface area contributed by atoms with Crippen molar-refractivity contribution in [3.8, 4) is 0 Å². The smallest absolute Gasteiger partial charge is 0.180 e. The van der Waals surface area contributed by atoms with E-state index in [1.807, 2.05) is 37.8 Å². The predicted molar refractivity (Wildman–Crippen MR) is 74.2 cm³/mol. The van der Waals surface area contributed by atoms with Crippen molar-refractivity contribution in [2.75, 3.05) is 11.9 Å². The van der Waals surface area contributed by atoms with Gasteiger partial charge in [0.25, 0.3) is 0 Å². The van der Waals surface area contributed by atoms with Gasteiger partial charge in [-0.25, -0.2) is 4.98 Å². The van der Waals surface area contributed by atoms with Crippen molar-refractivity contribution < 1.29 is 4.79 Å². The van der Waals surface area contributed by atoms with Crippen LogP contribution in [0.3, 0.4) is 0 Å². The highest BCUT2D eigenvalue weighted by molar-refractivity contribution is 5.94. The summed E-state index contributed by atoms with van der Waals surface area (Å²) in [4.78, 5) is 22.0. The molecule has 0 aliphatic rings. The molecule has 0 radical (unpaired) electrons. The van der Waals surface area contributed by atoms with Crippen molar-refractivity contribution in [2.24, 2.45) is 7.05 Å². The highest BCUT2D eigenvalue weighted by atomic mass is 16.1. The SMILES string of the molecule is CCC(=O)c1ccc(N(C)Cc2nccn2C)cn1. The number of carbonyl (C=O) groups excluding carboxylic acids is 1. The maximum atomic E-state index is 11.5. The fraction of sp³-hybridized carbons (Fsp3) is 0.357. The van der Waals surface area contributed by atoms with Crippen molar-refractivity contribution in [1.29, 1.82) is 0 Å². The molecule has 0 saturated carbocycles. The van der Waals surface area contributed by atoms with Gasteiger partial charge in [0, 0.05) is 32.9 Å². The topological polar surface area (TPSA) is 51.0 Å². The van der Waals surface area contributed by atoms with E-state index in [2.05, 4.69) is 14.9 Å². The summed E-state index contributed by atoms with van der Waals surface area (Å²) >= 11 is 0. The standard InChI is InChI=1S/C14H18N4O/c1-4-13(19)12-6-5-11(9-16-12)18(3)10-14-15-7-8-17(14)2/h5-9H,4,10H2,1-3H3. The zero-order valence-corrected chi connectivity index (χ0v) is 11.5. The van der Waals surface area contributed by atoms with E-state index in [0.717, 1.165) is 11.5 Å². The minimum Gasteiger partial charge on any atom is -0.366 e. The van der Waals surface area contributed by atoms with E-state index in [0.29, 0.717) is 18.7 Å². The van der Waals surface area contributed by atoms with Gasteiger partial charge in [0.1, 0.15) is 11.5 Å². The molecule has 0 aliphatic heterocycles. The summed E-state index contributed by atoms with van der Waals surface area (Å²) in [6, 6.07) is 3.69. The molecule has 19 heavy (non-hydrogen) atoms. The van der Waals surface area contributed by atoms with Crippen molar-refractivity contribution in [1.82, 2.24) is 14.5 Å². The highest BCUT2D eigenvalue weighted by Gasteiger charge is 2.08. The number of aryl methyl sites for hydroxylation is 1. The van der Waals surface area contributed by atoms with Gasteiger partial charge in [0.2, 0.25) is 0 Å². The third-order valence-corrected chi connectivity index (χ3v) is 3.10. The summed E-state index contributed by atoms with van der Waals surface area (Å²) in [5.74, 6) is 1.05. The molecule has 2 heterocycles. The Morgan fingerprint density at radius 1 is 1.37 bits per heavy atom. The van der Waals surface area contributed by atoms with Crippen LogP contribution in [-0.2, 0) is 13.6 Å². The number of Topliss-reactive ketones (excluding diaryl/α,β-unsaturated/α-hetero) is 1. The first-order valence-corrected chi connectivity index (χ1v) is 6.28. The van der Waals surface area contributed by atoms with Crippen molar-refractivity contribution >= 4 is 11.5 Å². The van der Waals surface area contributed by atoms with Crippen LogP contribution in [0.5, 0.6) is 0 Å². The van der Waals surface area contributed by atoms with Gasteiger partial charge in [0.15, 0.2) is 5.78 Å². The van der Waals surface area contributed by atoms with E-state index in [4.69, 9.17) is 0 Å². The van der Waals surface area contributed by atoms with E-state index < -0.39 is 0 Å². The molecule has 0 amide bonds. The first-order chi connectivity index (χ1) is 9.11. The van der Waals surface area contributed by atoms with Gasteiger partial charge in [-0.3, -0.25) is 9.78 Å². The van der Waals surface area contributed by atoms with E-state index in [1.54, 1.807) is 18.5 Å². The Hall–Kier alpha value is -2.17. The molecule has 5 heteroatoms. The summed E-state index contributed by atoms with van der Waals surface area (Å²) in [5, 5.41) is 0. The van der Waals surface area contributed by atoms with Gasteiger partial charge < -0.3 is 9.47 Å². The van der Waals surface area contributed by atoms with Gasteiger partial charge in [-0.1, -0.05) is 6.92 Å². The first-order valence-electron chi connectivity index (χ1n) is 6.28. The molecule has 100 valence electrons. The van der Waals surface area contributed by atoms with Gasteiger partial charge >= 0.3 is 0 Å². The van der Waals surface area contributed by atoms with Crippen LogP contribution in [0.15, 0.2) is 30.7 Å². The lowest BCUT2D eigenvalue weighted by Crippen LogP contribution is -2.19. The van der Waals surface area contributed by atoms with E-state index in [9.17, 15) is 4.79 Å². The number of carbonyl (C=O) groups is 1. The zero-order chi connectivity index (χ0) is 13.8. The maximum absolute atomic E-state index is 11.5. The number of hydrogen-bond donors (Lipinski definition) is 0. The molecule has 0 aromatic carbocycles. The summed E-state index contributed by atoms with van der Waals surface area (Å²) in [6.07, 6.45) is 5.91. The molecule has 0 atom stereocenters. The molecule has 2 aromatic rings. The first kappa shape index (κ1) is 13.3. The molecular weight excluding hydrogens is 240 g/mol. The quantitative estimate of drug-likeness (QED) is 0.770. The molecular formula is C14H18N4O. The summed E-state index contributed by atoms with van der Waals surface area (Å²) in [5.41, 5.74) is 1.49. The maximum Gasteiger partial charge on any atom is 0.180 e. The monoisotopic (exact) mass is 258 g/mol. The Labute approximate surface area is 112 Å². The molecule has 2 aromatic heterocycles. The van der Waals surface area contributed by atoms with Crippen LogP contribution < -0.4 is 4.90 Å². The van der Waals surface area contributed by atoms with E-state index in [1.165, 1.54) is 0 Å². The number of pyridine rings is 1. The number of imidazole rings is 1. The van der Waals surface area contributed by atoms with Crippen LogP contribution in [-0.4, -0.2) is 27.4 Å². The second-order valence-corrected chi connectivity index (χ2v) is 4.49. The van der Waals surface area contributed by atoms with E-state index in [-0.39, 0.29) is 5.78 Å². The van der Waals surface area contributed by atoms with Gasteiger partial charge in [0.05, 0.1) is 18.4 Å². The number of ketones is 1. The Bertz CT molecular complexity index is 559. The Morgan fingerprint density at radius 3 is 2.68 bits per heavy atom. The highest BCUT2D eigenvalue weighted by Crippen LogP contribution is 2.14. The average Bonchev–Trinajstić information content (AvgIpc) is 2.83. The molecule has 0 fully saturated rings. The second kappa shape index (κ2) is 5.65. The van der Waals surface area contributed by atoms with Gasteiger partial charge in [-0.15, -0.1) is 0 Å². The van der Waals surface area contributed by atoms with Crippen LogP contribution in [0.4, 0.5) is 5.69 Å². The van der Waals surface area contributed by atoms with E-state index >= 15 is 0 Å². The van der Waals surface area contributed by atoms with Crippen LogP contribution in [0.2, 0.25) is 0 Å². The van der Waals surface area contributed by atoms with Crippen LogP contribution >= 0.6 is 0 Å². The molecule has 0 bridgehead atoms. The molecule has 0 spiro atoms. The summed E-state index contributed by atoms with van der Waals surface area (Å²) in [7, 11) is 3.95. The molecule has 0 aliphatic carbocycles. The van der Waals surface area contributed by atoms with Crippen molar-refractivity contribution in [3.05, 3.63) is 42.2 Å². The second-order valence-electron chi connectivity index (χ2n) is 4.49. The Kier molecular flexibility index (Phi) is 3.94. The fourth-order valence-electron chi connectivity index (χ4n) is 1.81. The zero-order valence-electron chi connectivity index (χ0n) is 11.5. The Morgan fingerprint density at radius 2 is 2.16 bits per heavy atom. The molecule has 0 N–H and O–H groups in total. The molecule has 0 saturated heterocycles. The number of nitrogens with zero attached hydrogens (tertiary/aromatic N) is 4. The fourth-order valence-corrected chi connectivity index (χ4v) is 1.81. The van der Waals surface area contributed by atoms with Crippen molar-refractivity contribution in [2.45, 2.75) is 19.9 Å². The third-order valence-electron chi connectivity index (χ3n) is 3.10. The summed E-state index contributed by atoms with van der Waals surface area (Å²) < 4.78 is 1.99.